The molecule has 0 saturated heterocycles. The van der Waals surface area contributed by atoms with Crippen molar-refractivity contribution in [3.8, 4) is 23.6 Å². The number of halogens is 1. The summed E-state index contributed by atoms with van der Waals surface area (Å²) >= 11 is 7.89. The van der Waals surface area contributed by atoms with Gasteiger partial charge >= 0.3 is 5.97 Å². The van der Waals surface area contributed by atoms with E-state index < -0.39 is 11.9 Å². The molecule has 39 heavy (non-hydrogen) atoms. The van der Waals surface area contributed by atoms with Crippen molar-refractivity contribution < 1.29 is 24.2 Å². The average molecular weight is 562 g/mol. The molecule has 3 aromatic rings. The van der Waals surface area contributed by atoms with Gasteiger partial charge in [0.1, 0.15) is 29.3 Å². The maximum atomic E-state index is 13.0. The van der Waals surface area contributed by atoms with Gasteiger partial charge in [-0.1, -0.05) is 23.7 Å². The van der Waals surface area contributed by atoms with E-state index in [1.807, 2.05) is 6.07 Å². The number of nitrogens with one attached hydrogen (secondary N) is 1. The molecule has 0 atom stereocenters. The summed E-state index contributed by atoms with van der Waals surface area (Å²) in [6.07, 6.45) is 5.13. The number of carbonyl (C=O) groups is 2. The molecule has 0 radical (unpaired) electrons. The number of aryl methyl sites for hydroxylation is 1. The van der Waals surface area contributed by atoms with Crippen molar-refractivity contribution in [2.75, 3.05) is 11.9 Å². The average Bonchev–Trinajstić information content (AvgIpc) is 3.28. The second-order valence-electron chi connectivity index (χ2n) is 8.71. The van der Waals surface area contributed by atoms with Crippen molar-refractivity contribution in [3.05, 3.63) is 79.7 Å². The van der Waals surface area contributed by atoms with E-state index in [4.69, 9.17) is 21.1 Å². The van der Waals surface area contributed by atoms with E-state index in [1.54, 1.807) is 31.2 Å². The Kier molecular flexibility index (Phi) is 8.88. The van der Waals surface area contributed by atoms with Crippen LogP contribution >= 0.6 is 22.9 Å². The highest BCUT2D eigenvalue weighted by molar-refractivity contribution is 7.16. The molecule has 0 fully saturated rings. The van der Waals surface area contributed by atoms with Crippen LogP contribution < -0.4 is 14.8 Å². The SMILES string of the molecule is CCOc1cc(/C=C(\C#N)C(=O)Nc2sc3c(c2C#N)CCCC3)cc(Cl)c1OCc1cccc(C(=O)O)c1. The van der Waals surface area contributed by atoms with Gasteiger partial charge in [0.15, 0.2) is 11.5 Å². The maximum absolute atomic E-state index is 13.0. The van der Waals surface area contributed by atoms with Gasteiger partial charge in [-0.2, -0.15) is 10.5 Å². The molecule has 8 nitrogen and oxygen atoms in total. The first-order valence-electron chi connectivity index (χ1n) is 12.2. The van der Waals surface area contributed by atoms with Crippen LogP contribution in [0.3, 0.4) is 0 Å². The number of benzene rings is 2. The fourth-order valence-electron chi connectivity index (χ4n) is 4.28. The molecule has 2 aromatic carbocycles. The second kappa shape index (κ2) is 12.5. The zero-order valence-corrected chi connectivity index (χ0v) is 22.6. The molecule has 198 valence electrons. The fraction of sp³-hybridized carbons (Fsp3) is 0.241. The topological polar surface area (TPSA) is 132 Å². The third-order valence-electron chi connectivity index (χ3n) is 6.08. The number of amides is 1. The standard InChI is InChI=1S/C29H24ClN3O5S/c1-2-37-24-13-18(12-23(30)26(24)38-16-17-6-5-7-19(10-17)29(35)36)11-20(14-31)27(34)33-28-22(15-32)21-8-3-4-9-25(21)39-28/h5-7,10-13H,2-4,8-9,16H2,1H3,(H,33,34)(H,35,36)/b20-11+. The number of aromatic carboxylic acids is 1. The molecule has 1 heterocycles. The molecule has 0 spiro atoms. The number of fused-ring (bicyclic) bond motifs is 1. The van der Waals surface area contributed by atoms with Crippen molar-refractivity contribution in [2.24, 2.45) is 0 Å². The summed E-state index contributed by atoms with van der Waals surface area (Å²) in [5, 5.41) is 32.0. The van der Waals surface area contributed by atoms with Crippen LogP contribution in [0.5, 0.6) is 11.5 Å². The fourth-order valence-corrected chi connectivity index (χ4v) is 5.79. The monoisotopic (exact) mass is 561 g/mol. The molecule has 1 amide bonds. The van der Waals surface area contributed by atoms with Crippen LogP contribution in [0.15, 0.2) is 42.0 Å². The number of thiophene rings is 1. The molecule has 10 heteroatoms. The number of carboxylic acids is 1. The van der Waals surface area contributed by atoms with Crippen molar-refractivity contribution in [2.45, 2.75) is 39.2 Å². The van der Waals surface area contributed by atoms with Gasteiger partial charge in [0, 0.05) is 4.88 Å². The van der Waals surface area contributed by atoms with Gasteiger partial charge in [0.2, 0.25) is 0 Å². The van der Waals surface area contributed by atoms with E-state index in [2.05, 4.69) is 11.4 Å². The van der Waals surface area contributed by atoms with Crippen molar-refractivity contribution in [3.63, 3.8) is 0 Å². The minimum Gasteiger partial charge on any atom is -0.490 e. The molecule has 1 aliphatic carbocycles. The van der Waals surface area contributed by atoms with Gasteiger partial charge in [-0.05, 0) is 79.6 Å². The molecule has 1 aromatic heterocycles. The number of carboxylic acid groups (broad SMARTS) is 1. The zero-order chi connectivity index (χ0) is 27.9. The minimum atomic E-state index is -1.04. The molecule has 0 saturated carbocycles. The first kappa shape index (κ1) is 27.7. The lowest BCUT2D eigenvalue weighted by Crippen LogP contribution is -2.13. The first-order valence-corrected chi connectivity index (χ1v) is 13.4. The zero-order valence-electron chi connectivity index (χ0n) is 21.0. The predicted molar refractivity (Wildman–Crippen MR) is 148 cm³/mol. The van der Waals surface area contributed by atoms with Gasteiger partial charge < -0.3 is 19.9 Å². The Morgan fingerprint density at radius 1 is 1.18 bits per heavy atom. The number of carbonyl (C=O) groups excluding carboxylic acids is 1. The van der Waals surface area contributed by atoms with Crippen LogP contribution in [0.2, 0.25) is 5.02 Å². The normalized spacial score (nSPS) is 12.6. The number of ether oxygens (including phenoxy) is 2. The van der Waals surface area contributed by atoms with E-state index in [-0.39, 0.29) is 28.5 Å². The number of hydrogen-bond donors (Lipinski definition) is 2. The Hall–Kier alpha value is -4.31. The second-order valence-corrected chi connectivity index (χ2v) is 10.2. The van der Waals surface area contributed by atoms with Crippen LogP contribution in [0.4, 0.5) is 5.00 Å². The van der Waals surface area contributed by atoms with Crippen LogP contribution in [0, 0.1) is 22.7 Å². The number of rotatable bonds is 9. The van der Waals surface area contributed by atoms with Crippen molar-refractivity contribution in [1.29, 1.82) is 10.5 Å². The van der Waals surface area contributed by atoms with E-state index >= 15 is 0 Å². The van der Waals surface area contributed by atoms with Gasteiger partial charge in [-0.3, -0.25) is 4.79 Å². The van der Waals surface area contributed by atoms with E-state index in [1.165, 1.54) is 29.5 Å². The summed E-state index contributed by atoms with van der Waals surface area (Å²) in [6, 6.07) is 13.6. The predicted octanol–water partition coefficient (Wildman–Crippen LogP) is 6.37. The van der Waals surface area contributed by atoms with Gasteiger partial charge in [-0.25, -0.2) is 4.79 Å². The van der Waals surface area contributed by atoms with Crippen LogP contribution in [0.25, 0.3) is 6.08 Å². The Bertz CT molecular complexity index is 1550. The van der Waals surface area contributed by atoms with Gasteiger partial charge in [0.05, 0.1) is 22.8 Å². The molecular formula is C29H24ClN3O5S. The molecule has 2 N–H and O–H groups in total. The quantitative estimate of drug-likeness (QED) is 0.229. The Morgan fingerprint density at radius 2 is 1.97 bits per heavy atom. The highest BCUT2D eigenvalue weighted by Gasteiger charge is 2.23. The number of nitrogens with zero attached hydrogens (tertiary/aromatic N) is 2. The lowest BCUT2D eigenvalue weighted by molar-refractivity contribution is -0.112. The highest BCUT2D eigenvalue weighted by atomic mass is 35.5. The summed E-state index contributed by atoms with van der Waals surface area (Å²) < 4.78 is 11.6. The summed E-state index contributed by atoms with van der Waals surface area (Å²) in [6.45, 7) is 2.14. The molecule has 1 aliphatic rings. The number of nitriles is 2. The molecular weight excluding hydrogens is 538 g/mol. The van der Waals surface area contributed by atoms with Crippen LogP contribution in [0.1, 0.15) is 57.3 Å². The maximum Gasteiger partial charge on any atom is 0.335 e. The van der Waals surface area contributed by atoms with Gasteiger partial charge in [-0.15, -0.1) is 11.3 Å². The summed E-state index contributed by atoms with van der Waals surface area (Å²) in [4.78, 5) is 25.3. The highest BCUT2D eigenvalue weighted by Crippen LogP contribution is 2.39. The molecule has 0 unspecified atom stereocenters. The number of hydrogen-bond acceptors (Lipinski definition) is 7. The Labute approximate surface area is 234 Å². The van der Waals surface area contributed by atoms with Gasteiger partial charge in [0.25, 0.3) is 5.91 Å². The lowest BCUT2D eigenvalue weighted by atomic mass is 9.96. The molecule has 0 bridgehead atoms. The van der Waals surface area contributed by atoms with E-state index in [0.29, 0.717) is 34.0 Å². The Morgan fingerprint density at radius 3 is 2.69 bits per heavy atom. The van der Waals surface area contributed by atoms with E-state index in [0.717, 1.165) is 36.1 Å². The van der Waals surface area contributed by atoms with Crippen molar-refractivity contribution in [1.82, 2.24) is 0 Å². The first-order chi connectivity index (χ1) is 18.8. The smallest absolute Gasteiger partial charge is 0.335 e. The molecule has 0 aliphatic heterocycles. The summed E-state index contributed by atoms with van der Waals surface area (Å²) in [7, 11) is 0. The summed E-state index contributed by atoms with van der Waals surface area (Å²) in [5.41, 5.74) is 2.51. The third-order valence-corrected chi connectivity index (χ3v) is 7.56. The minimum absolute atomic E-state index is 0.0496. The lowest BCUT2D eigenvalue weighted by Gasteiger charge is -2.15. The Balaban J connectivity index is 1.57. The summed E-state index contributed by atoms with van der Waals surface area (Å²) in [5.74, 6) is -1.11. The van der Waals surface area contributed by atoms with Crippen molar-refractivity contribution >= 4 is 45.9 Å². The number of anilines is 1. The van der Waals surface area contributed by atoms with Crippen LogP contribution in [-0.4, -0.2) is 23.6 Å². The molecule has 4 rings (SSSR count). The third kappa shape index (κ3) is 6.40. The van der Waals surface area contributed by atoms with Crippen LogP contribution in [-0.2, 0) is 24.2 Å². The van der Waals surface area contributed by atoms with E-state index in [9.17, 15) is 25.2 Å². The largest absolute Gasteiger partial charge is 0.490 e.